The summed E-state index contributed by atoms with van der Waals surface area (Å²) in [5, 5.41) is 13.4. The zero-order chi connectivity index (χ0) is 13.9. The largest absolute Gasteiger partial charge is 0.508 e. The number of hydrogen-bond acceptors (Lipinski definition) is 3. The number of imidazole rings is 1. The van der Waals surface area contributed by atoms with Gasteiger partial charge < -0.3 is 15.0 Å². The van der Waals surface area contributed by atoms with E-state index in [0.29, 0.717) is 17.8 Å². The van der Waals surface area contributed by atoms with E-state index in [2.05, 4.69) is 27.9 Å². The normalized spacial score (nSPS) is 19.6. The van der Waals surface area contributed by atoms with E-state index in [1.54, 1.807) is 12.3 Å². The Balaban J connectivity index is 1.71. The fraction of sp³-hybridized carbons (Fsp3) is 0.438. The molecule has 0 spiro atoms. The number of nitrogens with one attached hydrogen (secondary N) is 1. The van der Waals surface area contributed by atoms with Crippen molar-refractivity contribution in [1.29, 1.82) is 0 Å². The molecule has 0 radical (unpaired) electrons. The lowest BCUT2D eigenvalue weighted by atomic mass is 9.87. The van der Waals surface area contributed by atoms with Gasteiger partial charge in [-0.25, -0.2) is 4.98 Å². The van der Waals surface area contributed by atoms with Gasteiger partial charge in [0.2, 0.25) is 0 Å². The molecule has 106 valence electrons. The second-order valence-electron chi connectivity index (χ2n) is 5.66. The quantitative estimate of drug-likeness (QED) is 0.899. The summed E-state index contributed by atoms with van der Waals surface area (Å²) >= 11 is 0. The van der Waals surface area contributed by atoms with Gasteiger partial charge in [0.05, 0.1) is 6.33 Å². The Labute approximate surface area is 119 Å². The van der Waals surface area contributed by atoms with Gasteiger partial charge in [-0.3, -0.25) is 0 Å². The third kappa shape index (κ3) is 2.85. The zero-order valence-electron chi connectivity index (χ0n) is 11.8. The van der Waals surface area contributed by atoms with E-state index in [4.69, 9.17) is 0 Å². The fourth-order valence-corrected chi connectivity index (χ4v) is 3.07. The number of rotatable bonds is 4. The summed E-state index contributed by atoms with van der Waals surface area (Å²) in [5.74, 6) is 0.361. The van der Waals surface area contributed by atoms with Gasteiger partial charge in [0, 0.05) is 31.0 Å². The lowest BCUT2D eigenvalue weighted by Gasteiger charge is -2.29. The number of aryl methyl sites for hydroxylation is 1. The van der Waals surface area contributed by atoms with Gasteiger partial charge in [-0.1, -0.05) is 6.07 Å². The van der Waals surface area contributed by atoms with E-state index in [0.717, 1.165) is 19.4 Å². The molecule has 1 aliphatic carbocycles. The SMILES string of the molecule is CC(Cn1ccnc1)NC1CCCc2ccc(O)cc21. The van der Waals surface area contributed by atoms with Crippen LogP contribution in [0.2, 0.25) is 0 Å². The number of nitrogens with zero attached hydrogens (tertiary/aromatic N) is 2. The molecule has 4 heteroatoms. The van der Waals surface area contributed by atoms with E-state index in [1.807, 2.05) is 18.6 Å². The Morgan fingerprint density at radius 2 is 2.40 bits per heavy atom. The smallest absolute Gasteiger partial charge is 0.115 e. The second kappa shape index (κ2) is 5.67. The van der Waals surface area contributed by atoms with Crippen molar-refractivity contribution in [2.75, 3.05) is 0 Å². The summed E-state index contributed by atoms with van der Waals surface area (Å²) in [6, 6.07) is 6.46. The molecular formula is C16H21N3O. The third-order valence-electron chi connectivity index (χ3n) is 3.97. The Hall–Kier alpha value is -1.81. The standard InChI is InChI=1S/C16H21N3O/c1-12(10-19-8-7-17-11-19)18-16-4-2-3-13-5-6-14(20)9-15(13)16/h5-9,11-12,16,18,20H,2-4,10H2,1H3. The Bertz CT molecular complexity index is 565. The maximum atomic E-state index is 9.71. The molecule has 0 saturated heterocycles. The molecule has 3 rings (SSSR count). The van der Waals surface area contributed by atoms with Gasteiger partial charge >= 0.3 is 0 Å². The molecule has 2 unspecified atom stereocenters. The van der Waals surface area contributed by atoms with Crippen LogP contribution < -0.4 is 5.32 Å². The second-order valence-corrected chi connectivity index (χ2v) is 5.66. The van der Waals surface area contributed by atoms with Crippen molar-refractivity contribution >= 4 is 0 Å². The molecule has 0 amide bonds. The summed E-state index contributed by atoms with van der Waals surface area (Å²) < 4.78 is 2.09. The summed E-state index contributed by atoms with van der Waals surface area (Å²) in [6.45, 7) is 3.10. The van der Waals surface area contributed by atoms with Crippen LogP contribution in [0.5, 0.6) is 5.75 Å². The molecule has 0 bridgehead atoms. The Kier molecular flexibility index (Phi) is 3.74. The number of fused-ring (bicyclic) bond motifs is 1. The molecule has 0 aliphatic heterocycles. The van der Waals surface area contributed by atoms with Crippen LogP contribution in [0.25, 0.3) is 0 Å². The lowest BCUT2D eigenvalue weighted by molar-refractivity contribution is 0.378. The number of phenols is 1. The molecule has 1 aliphatic rings. The van der Waals surface area contributed by atoms with Gasteiger partial charge in [0.15, 0.2) is 0 Å². The summed E-state index contributed by atoms with van der Waals surface area (Å²) in [4.78, 5) is 4.07. The lowest BCUT2D eigenvalue weighted by Crippen LogP contribution is -2.35. The number of aromatic hydroxyl groups is 1. The van der Waals surface area contributed by atoms with Crippen LogP contribution in [0, 0.1) is 0 Å². The first-order chi connectivity index (χ1) is 9.72. The molecule has 2 N–H and O–H groups in total. The number of hydrogen-bond donors (Lipinski definition) is 2. The highest BCUT2D eigenvalue weighted by atomic mass is 16.3. The van der Waals surface area contributed by atoms with Crippen LogP contribution in [-0.4, -0.2) is 20.7 Å². The van der Waals surface area contributed by atoms with E-state index in [9.17, 15) is 5.11 Å². The maximum Gasteiger partial charge on any atom is 0.115 e. The van der Waals surface area contributed by atoms with Gasteiger partial charge in [-0.15, -0.1) is 0 Å². The van der Waals surface area contributed by atoms with Gasteiger partial charge in [0.1, 0.15) is 5.75 Å². The van der Waals surface area contributed by atoms with Crippen LogP contribution >= 0.6 is 0 Å². The number of benzene rings is 1. The molecule has 1 aromatic heterocycles. The summed E-state index contributed by atoms with van der Waals surface area (Å²) in [6.07, 6.45) is 9.08. The van der Waals surface area contributed by atoms with Crippen molar-refractivity contribution in [3.63, 3.8) is 0 Å². The first kappa shape index (κ1) is 13.2. The first-order valence-electron chi connectivity index (χ1n) is 7.26. The van der Waals surface area contributed by atoms with E-state index in [-0.39, 0.29) is 0 Å². The molecule has 0 fully saturated rings. The van der Waals surface area contributed by atoms with Gasteiger partial charge in [0.25, 0.3) is 0 Å². The minimum Gasteiger partial charge on any atom is -0.508 e. The molecule has 20 heavy (non-hydrogen) atoms. The predicted molar refractivity (Wildman–Crippen MR) is 78.6 cm³/mol. The number of aromatic nitrogens is 2. The first-order valence-corrected chi connectivity index (χ1v) is 7.26. The summed E-state index contributed by atoms with van der Waals surface area (Å²) in [7, 11) is 0. The van der Waals surface area contributed by atoms with Crippen molar-refractivity contribution in [3.05, 3.63) is 48.0 Å². The van der Waals surface area contributed by atoms with E-state index < -0.39 is 0 Å². The van der Waals surface area contributed by atoms with Crippen LogP contribution in [0.4, 0.5) is 0 Å². The number of phenolic OH excluding ortho intramolecular Hbond substituents is 1. The third-order valence-corrected chi connectivity index (χ3v) is 3.97. The molecule has 2 aromatic rings. The topological polar surface area (TPSA) is 50.1 Å². The van der Waals surface area contributed by atoms with Crippen molar-refractivity contribution in [2.24, 2.45) is 0 Å². The monoisotopic (exact) mass is 271 g/mol. The van der Waals surface area contributed by atoms with Crippen LogP contribution in [-0.2, 0) is 13.0 Å². The molecular weight excluding hydrogens is 250 g/mol. The molecule has 1 heterocycles. The van der Waals surface area contributed by atoms with E-state index in [1.165, 1.54) is 17.5 Å². The zero-order valence-corrected chi connectivity index (χ0v) is 11.8. The molecule has 0 saturated carbocycles. The maximum absolute atomic E-state index is 9.71. The van der Waals surface area contributed by atoms with Crippen molar-refractivity contribution in [2.45, 2.75) is 44.8 Å². The van der Waals surface area contributed by atoms with Crippen LogP contribution in [0.1, 0.15) is 36.9 Å². The predicted octanol–water partition coefficient (Wildman–Crippen LogP) is 2.64. The van der Waals surface area contributed by atoms with Crippen molar-refractivity contribution in [1.82, 2.24) is 14.9 Å². The minimum atomic E-state index is 0.337. The minimum absolute atomic E-state index is 0.337. The highest BCUT2D eigenvalue weighted by Gasteiger charge is 2.21. The van der Waals surface area contributed by atoms with Crippen molar-refractivity contribution < 1.29 is 5.11 Å². The van der Waals surface area contributed by atoms with Crippen LogP contribution in [0.3, 0.4) is 0 Å². The Morgan fingerprint density at radius 3 is 3.20 bits per heavy atom. The van der Waals surface area contributed by atoms with Gasteiger partial charge in [-0.2, -0.15) is 0 Å². The molecule has 4 nitrogen and oxygen atoms in total. The van der Waals surface area contributed by atoms with Crippen molar-refractivity contribution in [3.8, 4) is 5.75 Å². The average molecular weight is 271 g/mol. The highest BCUT2D eigenvalue weighted by Crippen LogP contribution is 2.32. The molecule has 2 atom stereocenters. The summed E-state index contributed by atoms with van der Waals surface area (Å²) in [5.41, 5.74) is 2.62. The van der Waals surface area contributed by atoms with Gasteiger partial charge in [-0.05, 0) is 49.4 Å². The Morgan fingerprint density at radius 1 is 1.50 bits per heavy atom. The highest BCUT2D eigenvalue weighted by molar-refractivity contribution is 5.38. The molecule has 1 aromatic carbocycles. The van der Waals surface area contributed by atoms with E-state index >= 15 is 0 Å². The average Bonchev–Trinajstić information content (AvgIpc) is 2.92. The van der Waals surface area contributed by atoms with Crippen LogP contribution in [0.15, 0.2) is 36.9 Å². The fourth-order valence-electron chi connectivity index (χ4n) is 3.07.